The average molecular weight is 290 g/mol. The zero-order valence-corrected chi connectivity index (χ0v) is 11.8. The van der Waals surface area contributed by atoms with Crippen molar-refractivity contribution in [2.75, 3.05) is 26.6 Å². The maximum Gasteiger partial charge on any atom is 0.337 e. The quantitative estimate of drug-likeness (QED) is 0.665. The molecule has 0 aliphatic carbocycles. The van der Waals surface area contributed by atoms with Crippen LogP contribution in [0.1, 0.15) is 0 Å². The summed E-state index contributed by atoms with van der Waals surface area (Å²) in [7, 11) is 4.52. The van der Waals surface area contributed by atoms with E-state index in [0.717, 1.165) is 0 Å². The van der Waals surface area contributed by atoms with Gasteiger partial charge in [-0.25, -0.2) is 9.97 Å². The van der Waals surface area contributed by atoms with Gasteiger partial charge >= 0.3 is 5.69 Å². The van der Waals surface area contributed by atoms with Crippen LogP contribution in [0.15, 0.2) is 24.5 Å². The van der Waals surface area contributed by atoms with Crippen molar-refractivity contribution in [2.24, 2.45) is 0 Å². The van der Waals surface area contributed by atoms with Crippen LogP contribution in [-0.2, 0) is 0 Å². The highest BCUT2D eigenvalue weighted by atomic mass is 16.6. The van der Waals surface area contributed by atoms with Crippen LogP contribution in [0.4, 0.5) is 11.5 Å². The molecule has 110 valence electrons. The zero-order chi connectivity index (χ0) is 15.4. The third kappa shape index (κ3) is 2.55. The molecule has 21 heavy (non-hydrogen) atoms. The summed E-state index contributed by atoms with van der Waals surface area (Å²) in [5.74, 6) is 0.979. The number of benzene rings is 1. The molecular formula is C13H14N4O4. The molecule has 0 atom stereocenters. The summed E-state index contributed by atoms with van der Waals surface area (Å²) in [5.41, 5.74) is 0.407. The highest BCUT2D eigenvalue weighted by molar-refractivity contribution is 5.81. The molecule has 0 aliphatic rings. The molecular weight excluding hydrogens is 276 g/mol. The standard InChI is InChI=1S/C13H14N4O4/c1-14-13-11(17(18)19)10(15-7-16-13)8-5-4-6-9(20-2)12(8)21-3/h4-7H,1-3H3,(H,14,15,16). The first-order chi connectivity index (χ1) is 10.1. The van der Waals surface area contributed by atoms with Crippen LogP contribution in [-0.4, -0.2) is 36.2 Å². The molecule has 8 nitrogen and oxygen atoms in total. The molecule has 0 saturated carbocycles. The van der Waals surface area contributed by atoms with Crippen molar-refractivity contribution in [3.8, 4) is 22.8 Å². The van der Waals surface area contributed by atoms with E-state index in [9.17, 15) is 10.1 Å². The number of ether oxygens (including phenoxy) is 2. The lowest BCUT2D eigenvalue weighted by molar-refractivity contribution is -0.383. The Labute approximate surface area is 120 Å². The fraction of sp³-hybridized carbons (Fsp3) is 0.231. The van der Waals surface area contributed by atoms with Gasteiger partial charge in [0.2, 0.25) is 5.82 Å². The van der Waals surface area contributed by atoms with Crippen LogP contribution in [0.5, 0.6) is 11.5 Å². The number of nitro groups is 1. The molecule has 2 rings (SSSR count). The molecule has 0 spiro atoms. The Hall–Kier alpha value is -2.90. The van der Waals surface area contributed by atoms with E-state index in [1.54, 1.807) is 25.2 Å². The van der Waals surface area contributed by atoms with Crippen molar-refractivity contribution in [1.29, 1.82) is 0 Å². The number of nitrogens with zero attached hydrogens (tertiary/aromatic N) is 3. The fourth-order valence-corrected chi connectivity index (χ4v) is 2.01. The van der Waals surface area contributed by atoms with Gasteiger partial charge in [-0.2, -0.15) is 0 Å². The predicted octanol–water partition coefficient (Wildman–Crippen LogP) is 2.11. The largest absolute Gasteiger partial charge is 0.493 e. The van der Waals surface area contributed by atoms with Crippen LogP contribution < -0.4 is 14.8 Å². The van der Waals surface area contributed by atoms with E-state index in [1.807, 2.05) is 0 Å². The Kier molecular flexibility index (Phi) is 4.17. The molecule has 0 bridgehead atoms. The maximum atomic E-state index is 11.3. The van der Waals surface area contributed by atoms with Crippen molar-refractivity contribution in [3.63, 3.8) is 0 Å². The molecule has 0 unspecified atom stereocenters. The van der Waals surface area contributed by atoms with Gasteiger partial charge in [0.05, 0.1) is 24.7 Å². The second-order valence-corrected chi connectivity index (χ2v) is 3.97. The van der Waals surface area contributed by atoms with Gasteiger partial charge in [0.25, 0.3) is 0 Å². The van der Waals surface area contributed by atoms with Crippen LogP contribution >= 0.6 is 0 Å². The maximum absolute atomic E-state index is 11.3. The van der Waals surface area contributed by atoms with Gasteiger partial charge in [-0.3, -0.25) is 10.1 Å². The first-order valence-corrected chi connectivity index (χ1v) is 6.02. The van der Waals surface area contributed by atoms with E-state index in [0.29, 0.717) is 17.1 Å². The Morgan fingerprint density at radius 3 is 2.57 bits per heavy atom. The lowest BCUT2D eigenvalue weighted by Gasteiger charge is -2.12. The lowest BCUT2D eigenvalue weighted by atomic mass is 10.1. The number of hydrogen-bond acceptors (Lipinski definition) is 7. The van der Waals surface area contributed by atoms with Crippen molar-refractivity contribution < 1.29 is 14.4 Å². The normalized spacial score (nSPS) is 10.0. The number of para-hydroxylation sites is 1. The minimum Gasteiger partial charge on any atom is -0.493 e. The van der Waals surface area contributed by atoms with E-state index in [1.165, 1.54) is 20.5 Å². The molecule has 0 fully saturated rings. The van der Waals surface area contributed by atoms with Crippen molar-refractivity contribution in [1.82, 2.24) is 9.97 Å². The highest BCUT2D eigenvalue weighted by Crippen LogP contribution is 2.41. The Balaban J connectivity index is 2.76. The summed E-state index contributed by atoms with van der Waals surface area (Å²) >= 11 is 0. The molecule has 8 heteroatoms. The molecule has 1 aromatic carbocycles. The van der Waals surface area contributed by atoms with Crippen LogP contribution in [0, 0.1) is 10.1 Å². The molecule has 0 saturated heterocycles. The number of rotatable bonds is 5. The number of hydrogen-bond donors (Lipinski definition) is 1. The molecule has 1 aromatic heterocycles. The lowest BCUT2D eigenvalue weighted by Crippen LogP contribution is -2.04. The van der Waals surface area contributed by atoms with Crippen LogP contribution in [0.2, 0.25) is 0 Å². The number of methoxy groups -OCH3 is 2. The summed E-state index contributed by atoms with van der Waals surface area (Å²) in [6.45, 7) is 0. The minimum absolute atomic E-state index is 0.134. The SMILES string of the molecule is CNc1ncnc(-c2cccc(OC)c2OC)c1[N+](=O)[O-]. The van der Waals surface area contributed by atoms with E-state index < -0.39 is 4.92 Å². The number of nitrogens with one attached hydrogen (secondary N) is 1. The smallest absolute Gasteiger partial charge is 0.337 e. The summed E-state index contributed by atoms with van der Waals surface area (Å²) in [6.07, 6.45) is 1.26. The average Bonchev–Trinajstić information content (AvgIpc) is 2.52. The molecule has 2 aromatic rings. The summed E-state index contributed by atoms with van der Waals surface area (Å²) in [6, 6.07) is 5.09. The van der Waals surface area contributed by atoms with Gasteiger partial charge in [0, 0.05) is 7.05 Å². The van der Waals surface area contributed by atoms with Gasteiger partial charge in [-0.15, -0.1) is 0 Å². The van der Waals surface area contributed by atoms with Crippen molar-refractivity contribution in [3.05, 3.63) is 34.6 Å². The molecule has 1 N–H and O–H groups in total. The number of aromatic nitrogens is 2. The second-order valence-electron chi connectivity index (χ2n) is 3.97. The van der Waals surface area contributed by atoms with Crippen molar-refractivity contribution in [2.45, 2.75) is 0 Å². The van der Waals surface area contributed by atoms with Gasteiger partial charge in [0.15, 0.2) is 17.2 Å². The fourth-order valence-electron chi connectivity index (χ4n) is 2.01. The molecule has 0 amide bonds. The topological polar surface area (TPSA) is 99.4 Å². The molecule has 1 heterocycles. The predicted molar refractivity (Wildman–Crippen MR) is 76.8 cm³/mol. The van der Waals surface area contributed by atoms with Crippen LogP contribution in [0.3, 0.4) is 0 Å². The summed E-state index contributed by atoms with van der Waals surface area (Å²) in [5, 5.41) is 14.0. The van der Waals surface area contributed by atoms with E-state index in [-0.39, 0.29) is 17.2 Å². The molecule has 0 radical (unpaired) electrons. The Morgan fingerprint density at radius 1 is 1.24 bits per heavy atom. The van der Waals surface area contributed by atoms with Crippen LogP contribution in [0.25, 0.3) is 11.3 Å². The zero-order valence-electron chi connectivity index (χ0n) is 11.8. The Morgan fingerprint density at radius 2 is 2.00 bits per heavy atom. The summed E-state index contributed by atoms with van der Waals surface area (Å²) in [4.78, 5) is 18.7. The van der Waals surface area contributed by atoms with E-state index >= 15 is 0 Å². The van der Waals surface area contributed by atoms with E-state index in [4.69, 9.17) is 9.47 Å². The minimum atomic E-state index is -0.528. The third-order valence-electron chi connectivity index (χ3n) is 2.90. The van der Waals surface area contributed by atoms with Crippen molar-refractivity contribution >= 4 is 11.5 Å². The van der Waals surface area contributed by atoms with Gasteiger partial charge in [-0.05, 0) is 12.1 Å². The monoisotopic (exact) mass is 290 g/mol. The number of anilines is 1. The first-order valence-electron chi connectivity index (χ1n) is 6.02. The highest BCUT2D eigenvalue weighted by Gasteiger charge is 2.26. The molecule has 0 aliphatic heterocycles. The Bertz CT molecular complexity index is 675. The van der Waals surface area contributed by atoms with Gasteiger partial charge in [-0.1, -0.05) is 6.07 Å². The second kappa shape index (κ2) is 6.04. The van der Waals surface area contributed by atoms with E-state index in [2.05, 4.69) is 15.3 Å². The first kappa shape index (κ1) is 14.5. The summed E-state index contributed by atoms with van der Waals surface area (Å²) < 4.78 is 10.5. The van der Waals surface area contributed by atoms with Gasteiger partial charge < -0.3 is 14.8 Å². The third-order valence-corrected chi connectivity index (χ3v) is 2.90. The van der Waals surface area contributed by atoms with Gasteiger partial charge in [0.1, 0.15) is 6.33 Å².